The maximum atomic E-state index is 13.0. The van der Waals surface area contributed by atoms with Gasteiger partial charge in [0.25, 0.3) is 0 Å². The topological polar surface area (TPSA) is 3.24 Å². The van der Waals surface area contributed by atoms with Gasteiger partial charge in [0, 0.05) is 35.2 Å². The molecule has 0 aromatic heterocycles. The Hall–Kier alpha value is -1.98. The molecule has 33 heavy (non-hydrogen) atoms. The predicted molar refractivity (Wildman–Crippen MR) is 133 cm³/mol. The molecule has 0 radical (unpaired) electrons. The minimum absolute atomic E-state index is 0. The molecule has 0 spiro atoms. The van der Waals surface area contributed by atoms with Crippen LogP contribution in [-0.4, -0.2) is 24.5 Å². The highest BCUT2D eigenvalue weighted by Gasteiger charge is 2.30. The van der Waals surface area contributed by atoms with Gasteiger partial charge in [-0.25, -0.2) is 0 Å². The quantitative estimate of drug-likeness (QED) is 0.331. The van der Waals surface area contributed by atoms with Gasteiger partial charge in [0.1, 0.15) is 0 Å². The second kappa shape index (κ2) is 11.0. The lowest BCUT2D eigenvalue weighted by Crippen LogP contribution is -2.30. The van der Waals surface area contributed by atoms with Gasteiger partial charge >= 0.3 is 6.18 Å². The van der Waals surface area contributed by atoms with Crippen molar-refractivity contribution in [2.45, 2.75) is 19.0 Å². The first-order valence-corrected chi connectivity index (χ1v) is 11.2. The van der Waals surface area contributed by atoms with Crippen LogP contribution >= 0.6 is 35.6 Å². The molecular formula is C26H23Cl3F3N. The number of hydrogen-bond acceptors (Lipinski definition) is 1. The fourth-order valence-corrected chi connectivity index (χ4v) is 4.47. The van der Waals surface area contributed by atoms with Crippen LogP contribution in [-0.2, 0) is 12.6 Å². The van der Waals surface area contributed by atoms with Gasteiger partial charge < -0.3 is 0 Å². The average molecular weight is 513 g/mol. The molecule has 174 valence electrons. The molecule has 0 bridgehead atoms. The van der Waals surface area contributed by atoms with Crippen LogP contribution in [0.1, 0.15) is 23.1 Å². The number of hydrogen-bond donors (Lipinski definition) is 0. The molecule has 0 saturated heterocycles. The molecule has 1 aliphatic rings. The Morgan fingerprint density at radius 1 is 0.879 bits per heavy atom. The molecule has 3 aromatic carbocycles. The molecule has 0 fully saturated rings. The second-order valence-corrected chi connectivity index (χ2v) is 8.78. The second-order valence-electron chi connectivity index (χ2n) is 7.93. The fraction of sp³-hybridized carbons (Fsp3) is 0.231. The van der Waals surface area contributed by atoms with E-state index in [-0.39, 0.29) is 12.4 Å². The summed E-state index contributed by atoms with van der Waals surface area (Å²) in [6.07, 6.45) is -0.701. The third kappa shape index (κ3) is 6.54. The van der Waals surface area contributed by atoms with E-state index in [9.17, 15) is 13.2 Å². The Morgan fingerprint density at radius 3 is 2.30 bits per heavy atom. The molecule has 0 saturated carbocycles. The summed E-state index contributed by atoms with van der Waals surface area (Å²) in [5.41, 5.74) is 4.11. The predicted octanol–water partition coefficient (Wildman–Crippen LogP) is 8.43. The lowest BCUT2D eigenvalue weighted by atomic mass is 9.97. The van der Waals surface area contributed by atoms with Crippen LogP contribution in [0.15, 0.2) is 72.8 Å². The van der Waals surface area contributed by atoms with Gasteiger partial charge in [-0.1, -0.05) is 65.7 Å². The van der Waals surface area contributed by atoms with Crippen LogP contribution in [0.5, 0.6) is 0 Å². The van der Waals surface area contributed by atoms with Gasteiger partial charge in [0.2, 0.25) is 0 Å². The van der Waals surface area contributed by atoms with Crippen LogP contribution in [0.3, 0.4) is 0 Å². The maximum absolute atomic E-state index is 13.0. The fourth-order valence-electron chi connectivity index (χ4n) is 3.96. The normalized spacial score (nSPS) is 14.5. The van der Waals surface area contributed by atoms with Crippen molar-refractivity contribution in [1.29, 1.82) is 0 Å². The standard InChI is InChI=1S/C26H22Cl2F3N.ClH/c27-23-6-2-4-21(17-23)24-8-7-18(15-25(24)28)9-12-32-13-10-19(11-14-32)20-3-1-5-22(16-20)26(29,30)31;/h1-8,10,15-17H,9,11-14H2;1H. The molecule has 0 aliphatic carbocycles. The van der Waals surface area contributed by atoms with Crippen LogP contribution in [0.25, 0.3) is 16.7 Å². The van der Waals surface area contributed by atoms with E-state index in [1.807, 2.05) is 42.5 Å². The summed E-state index contributed by atoms with van der Waals surface area (Å²) < 4.78 is 38.9. The van der Waals surface area contributed by atoms with Crippen molar-refractivity contribution in [1.82, 2.24) is 4.90 Å². The molecule has 0 atom stereocenters. The van der Waals surface area contributed by atoms with Crippen LogP contribution in [0, 0.1) is 0 Å². The average Bonchev–Trinajstić information content (AvgIpc) is 2.78. The van der Waals surface area contributed by atoms with E-state index in [0.29, 0.717) is 15.6 Å². The highest BCUT2D eigenvalue weighted by atomic mass is 35.5. The Bertz CT molecular complexity index is 1140. The Labute approximate surface area is 208 Å². The van der Waals surface area contributed by atoms with E-state index in [4.69, 9.17) is 23.2 Å². The molecule has 4 rings (SSSR count). The van der Waals surface area contributed by atoms with Gasteiger partial charge in [0.05, 0.1) is 5.56 Å². The van der Waals surface area contributed by atoms with E-state index in [1.165, 1.54) is 12.1 Å². The minimum Gasteiger partial charge on any atom is -0.299 e. The summed E-state index contributed by atoms with van der Waals surface area (Å²) in [6, 6.07) is 19.3. The number of rotatable bonds is 5. The van der Waals surface area contributed by atoms with Crippen molar-refractivity contribution in [3.8, 4) is 11.1 Å². The zero-order valence-electron chi connectivity index (χ0n) is 17.7. The van der Waals surface area contributed by atoms with Crippen molar-refractivity contribution in [2.24, 2.45) is 0 Å². The van der Waals surface area contributed by atoms with Crippen LogP contribution in [0.4, 0.5) is 13.2 Å². The molecule has 1 nitrogen and oxygen atoms in total. The van der Waals surface area contributed by atoms with Crippen molar-refractivity contribution >= 4 is 41.2 Å². The summed E-state index contributed by atoms with van der Waals surface area (Å²) in [7, 11) is 0. The first kappa shape index (κ1) is 25.6. The smallest absolute Gasteiger partial charge is 0.299 e. The molecule has 1 heterocycles. The summed E-state index contributed by atoms with van der Waals surface area (Å²) in [4.78, 5) is 2.30. The highest BCUT2D eigenvalue weighted by Crippen LogP contribution is 2.33. The molecule has 0 unspecified atom stereocenters. The zero-order chi connectivity index (χ0) is 22.7. The van der Waals surface area contributed by atoms with Gasteiger partial charge in [-0.3, -0.25) is 4.90 Å². The van der Waals surface area contributed by atoms with Gasteiger partial charge in [-0.15, -0.1) is 12.4 Å². The molecule has 1 aliphatic heterocycles. The SMILES string of the molecule is Cl.FC(F)(F)c1cccc(C2=CCN(CCc3ccc(-c4cccc(Cl)c4)c(Cl)c3)CC2)c1. The molecule has 3 aromatic rings. The molecular weight excluding hydrogens is 490 g/mol. The summed E-state index contributed by atoms with van der Waals surface area (Å²) >= 11 is 12.6. The van der Waals surface area contributed by atoms with Gasteiger partial charge in [0.15, 0.2) is 0 Å². The number of alkyl halides is 3. The molecule has 0 amide bonds. The lowest BCUT2D eigenvalue weighted by molar-refractivity contribution is -0.137. The Kier molecular flexibility index (Phi) is 8.52. The maximum Gasteiger partial charge on any atom is 0.416 e. The van der Waals surface area contributed by atoms with Crippen molar-refractivity contribution in [3.05, 3.63) is 99.5 Å². The monoisotopic (exact) mass is 511 g/mol. The van der Waals surface area contributed by atoms with E-state index < -0.39 is 11.7 Å². The minimum atomic E-state index is -4.32. The van der Waals surface area contributed by atoms with Crippen LogP contribution in [0.2, 0.25) is 10.0 Å². The number of benzene rings is 3. The van der Waals surface area contributed by atoms with Crippen molar-refractivity contribution in [3.63, 3.8) is 0 Å². The van der Waals surface area contributed by atoms with E-state index in [1.54, 1.807) is 6.07 Å². The first-order valence-electron chi connectivity index (χ1n) is 10.4. The van der Waals surface area contributed by atoms with Gasteiger partial charge in [-0.2, -0.15) is 13.2 Å². The number of nitrogens with zero attached hydrogens (tertiary/aromatic N) is 1. The first-order chi connectivity index (χ1) is 15.3. The highest BCUT2D eigenvalue weighted by molar-refractivity contribution is 6.34. The summed E-state index contributed by atoms with van der Waals surface area (Å²) in [5, 5.41) is 1.36. The van der Waals surface area contributed by atoms with Crippen LogP contribution < -0.4 is 0 Å². The summed E-state index contributed by atoms with van der Waals surface area (Å²) in [6.45, 7) is 2.40. The van der Waals surface area contributed by atoms with E-state index in [0.717, 1.165) is 60.8 Å². The molecule has 7 heteroatoms. The molecule has 0 N–H and O–H groups in total. The van der Waals surface area contributed by atoms with Crippen molar-refractivity contribution in [2.75, 3.05) is 19.6 Å². The number of halogens is 6. The zero-order valence-corrected chi connectivity index (χ0v) is 20.0. The lowest BCUT2D eigenvalue weighted by Gasteiger charge is -2.26. The van der Waals surface area contributed by atoms with Gasteiger partial charge in [-0.05, 0) is 65.4 Å². The van der Waals surface area contributed by atoms with E-state index in [2.05, 4.69) is 11.0 Å². The third-order valence-electron chi connectivity index (χ3n) is 5.74. The largest absolute Gasteiger partial charge is 0.416 e. The van der Waals surface area contributed by atoms with Crippen molar-refractivity contribution < 1.29 is 13.2 Å². The summed E-state index contributed by atoms with van der Waals surface area (Å²) in [5.74, 6) is 0. The van der Waals surface area contributed by atoms with E-state index >= 15 is 0 Å². The Morgan fingerprint density at radius 2 is 1.64 bits per heavy atom. The Balaban J connectivity index is 0.00000306. The third-order valence-corrected chi connectivity index (χ3v) is 6.29.